The van der Waals surface area contributed by atoms with Crippen molar-refractivity contribution in [2.24, 2.45) is 0 Å². The predicted molar refractivity (Wildman–Crippen MR) is 85.3 cm³/mol. The van der Waals surface area contributed by atoms with Crippen molar-refractivity contribution >= 4 is 5.78 Å². The van der Waals surface area contributed by atoms with E-state index in [0.717, 1.165) is 17.7 Å². The topological polar surface area (TPSA) is 20.9 Å². The highest BCUT2D eigenvalue weighted by molar-refractivity contribution is 6.08. The molecule has 2 rings (SSSR count). The number of unbranched alkanes of at least 4 members (excludes halogenated alkanes) is 4. The quantitative estimate of drug-likeness (QED) is 0.404. The number of aryl methyl sites for hydroxylation is 1. The Labute approximate surface area is 127 Å². The Morgan fingerprint density at radius 1 is 0.857 bits per heavy atom. The summed E-state index contributed by atoms with van der Waals surface area (Å²) in [6.07, 6.45) is 10.4. The SMILES string of the molecule is CCCCCCC[n+]1ccc(C(=O)c2ccccc2)cc1. The van der Waals surface area contributed by atoms with Gasteiger partial charge in [-0.2, -0.15) is 0 Å². The number of nitrogens with zero attached hydrogens (tertiary/aromatic N) is 1. The zero-order chi connectivity index (χ0) is 14.9. The molecule has 0 saturated carbocycles. The van der Waals surface area contributed by atoms with E-state index in [1.54, 1.807) is 0 Å². The van der Waals surface area contributed by atoms with Gasteiger partial charge in [0.2, 0.25) is 0 Å². The monoisotopic (exact) mass is 282 g/mol. The summed E-state index contributed by atoms with van der Waals surface area (Å²) in [5.41, 5.74) is 1.50. The smallest absolute Gasteiger partial charge is 0.193 e. The van der Waals surface area contributed by atoms with Gasteiger partial charge in [0.25, 0.3) is 0 Å². The average molecular weight is 282 g/mol. The van der Waals surface area contributed by atoms with Gasteiger partial charge in [-0.25, -0.2) is 4.57 Å². The van der Waals surface area contributed by atoms with Crippen LogP contribution in [0.1, 0.15) is 54.9 Å². The number of hydrogen-bond donors (Lipinski definition) is 0. The molecule has 0 amide bonds. The maximum Gasteiger partial charge on any atom is 0.193 e. The summed E-state index contributed by atoms with van der Waals surface area (Å²) in [6.45, 7) is 3.26. The maximum absolute atomic E-state index is 12.3. The Balaban J connectivity index is 1.88. The van der Waals surface area contributed by atoms with Crippen LogP contribution in [0.4, 0.5) is 0 Å². The first-order chi connectivity index (χ1) is 10.3. The number of hydrogen-bond acceptors (Lipinski definition) is 1. The van der Waals surface area contributed by atoms with Crippen LogP contribution in [0.15, 0.2) is 54.9 Å². The summed E-state index contributed by atoms with van der Waals surface area (Å²) in [6, 6.07) is 13.3. The minimum absolute atomic E-state index is 0.0886. The molecule has 2 nitrogen and oxygen atoms in total. The molecule has 21 heavy (non-hydrogen) atoms. The van der Waals surface area contributed by atoms with Crippen LogP contribution in [0.5, 0.6) is 0 Å². The van der Waals surface area contributed by atoms with Crippen LogP contribution in [-0.4, -0.2) is 5.78 Å². The van der Waals surface area contributed by atoms with E-state index in [4.69, 9.17) is 0 Å². The largest absolute Gasteiger partial charge is 0.289 e. The highest BCUT2D eigenvalue weighted by atomic mass is 16.1. The lowest BCUT2D eigenvalue weighted by atomic mass is 10.0. The minimum Gasteiger partial charge on any atom is -0.289 e. The number of carbonyl (C=O) groups excluding carboxylic acids is 1. The van der Waals surface area contributed by atoms with Crippen LogP contribution in [0, 0.1) is 0 Å². The molecule has 1 aromatic carbocycles. The molecule has 0 aliphatic carbocycles. The molecule has 0 unspecified atom stereocenters. The molecular weight excluding hydrogens is 258 g/mol. The van der Waals surface area contributed by atoms with Gasteiger partial charge in [-0.3, -0.25) is 4.79 Å². The van der Waals surface area contributed by atoms with E-state index < -0.39 is 0 Å². The molecule has 0 radical (unpaired) electrons. The number of aromatic nitrogens is 1. The first-order valence-electron chi connectivity index (χ1n) is 7.90. The van der Waals surface area contributed by atoms with Gasteiger partial charge >= 0.3 is 0 Å². The number of benzene rings is 1. The number of pyridine rings is 1. The lowest BCUT2D eigenvalue weighted by Crippen LogP contribution is -2.32. The fraction of sp³-hybridized carbons (Fsp3) is 0.368. The number of ketones is 1. The van der Waals surface area contributed by atoms with Crippen LogP contribution in [0.25, 0.3) is 0 Å². The molecule has 0 bridgehead atoms. The van der Waals surface area contributed by atoms with Crippen LogP contribution >= 0.6 is 0 Å². The number of carbonyl (C=O) groups is 1. The van der Waals surface area contributed by atoms with Crippen molar-refractivity contribution in [1.82, 2.24) is 0 Å². The molecule has 0 aliphatic heterocycles. The van der Waals surface area contributed by atoms with E-state index in [9.17, 15) is 4.79 Å². The van der Waals surface area contributed by atoms with Gasteiger partial charge in [0, 0.05) is 29.7 Å². The molecule has 110 valence electrons. The van der Waals surface area contributed by atoms with Gasteiger partial charge in [0.05, 0.1) is 0 Å². The van der Waals surface area contributed by atoms with Crippen molar-refractivity contribution in [2.75, 3.05) is 0 Å². The molecule has 1 heterocycles. The summed E-state index contributed by atoms with van der Waals surface area (Å²) >= 11 is 0. The van der Waals surface area contributed by atoms with Crippen molar-refractivity contribution in [3.8, 4) is 0 Å². The summed E-state index contributed by atoms with van der Waals surface area (Å²) in [7, 11) is 0. The van der Waals surface area contributed by atoms with Crippen molar-refractivity contribution in [2.45, 2.75) is 45.6 Å². The zero-order valence-corrected chi connectivity index (χ0v) is 12.8. The van der Waals surface area contributed by atoms with Gasteiger partial charge in [0.1, 0.15) is 6.54 Å². The third kappa shape index (κ3) is 4.82. The fourth-order valence-electron chi connectivity index (χ4n) is 2.41. The standard InChI is InChI=1S/C19H24NO/c1-2-3-4-5-9-14-20-15-12-18(13-16-20)19(21)17-10-7-6-8-11-17/h6-8,10-13,15-16H,2-5,9,14H2,1H3/q+1. The van der Waals surface area contributed by atoms with E-state index in [0.29, 0.717) is 0 Å². The Morgan fingerprint density at radius 3 is 2.14 bits per heavy atom. The second-order valence-corrected chi connectivity index (χ2v) is 5.43. The van der Waals surface area contributed by atoms with Crippen molar-refractivity contribution in [1.29, 1.82) is 0 Å². The molecule has 0 N–H and O–H groups in total. The average Bonchev–Trinajstić information content (AvgIpc) is 2.55. The van der Waals surface area contributed by atoms with E-state index >= 15 is 0 Å². The van der Waals surface area contributed by atoms with Gasteiger partial charge in [-0.05, 0) is 6.42 Å². The maximum atomic E-state index is 12.3. The normalized spacial score (nSPS) is 10.5. The van der Waals surface area contributed by atoms with E-state index in [1.807, 2.05) is 54.9 Å². The van der Waals surface area contributed by atoms with Gasteiger partial charge in [-0.1, -0.05) is 56.5 Å². The van der Waals surface area contributed by atoms with E-state index in [1.165, 1.54) is 32.1 Å². The molecule has 0 saturated heterocycles. The lowest BCUT2D eigenvalue weighted by molar-refractivity contribution is -0.697. The molecule has 2 heteroatoms. The minimum atomic E-state index is 0.0886. The van der Waals surface area contributed by atoms with Crippen LogP contribution in [0.2, 0.25) is 0 Å². The van der Waals surface area contributed by atoms with Crippen molar-refractivity contribution in [3.05, 3.63) is 66.0 Å². The second kappa shape index (κ2) is 8.35. The molecule has 0 atom stereocenters. The third-order valence-electron chi connectivity index (χ3n) is 3.71. The van der Waals surface area contributed by atoms with Gasteiger partial charge in [0.15, 0.2) is 18.2 Å². The van der Waals surface area contributed by atoms with Gasteiger partial charge in [-0.15, -0.1) is 0 Å². The lowest BCUT2D eigenvalue weighted by Gasteiger charge is -2.01. The van der Waals surface area contributed by atoms with E-state index in [2.05, 4.69) is 11.5 Å². The Bertz CT molecular complexity index is 546. The summed E-state index contributed by atoms with van der Waals surface area (Å²) in [5, 5.41) is 0. The van der Waals surface area contributed by atoms with E-state index in [-0.39, 0.29) is 5.78 Å². The van der Waals surface area contributed by atoms with Gasteiger partial charge < -0.3 is 0 Å². The highest BCUT2D eigenvalue weighted by Crippen LogP contribution is 2.08. The fourth-order valence-corrected chi connectivity index (χ4v) is 2.41. The summed E-state index contributed by atoms with van der Waals surface area (Å²) in [5.74, 6) is 0.0886. The van der Waals surface area contributed by atoms with Crippen LogP contribution in [-0.2, 0) is 6.54 Å². The number of rotatable bonds is 8. The van der Waals surface area contributed by atoms with Crippen molar-refractivity contribution in [3.63, 3.8) is 0 Å². The molecule has 1 aromatic heterocycles. The Kier molecular flexibility index (Phi) is 6.14. The first-order valence-corrected chi connectivity index (χ1v) is 7.90. The van der Waals surface area contributed by atoms with Crippen molar-refractivity contribution < 1.29 is 9.36 Å². The molecule has 0 spiro atoms. The highest BCUT2D eigenvalue weighted by Gasteiger charge is 2.10. The summed E-state index contributed by atoms with van der Waals surface area (Å²) in [4.78, 5) is 12.3. The molecule has 2 aromatic rings. The third-order valence-corrected chi connectivity index (χ3v) is 3.71. The Morgan fingerprint density at radius 2 is 1.48 bits per heavy atom. The molecule has 0 aliphatic rings. The first kappa shape index (κ1) is 15.4. The Hall–Kier alpha value is -1.96. The molecule has 0 fully saturated rings. The van der Waals surface area contributed by atoms with Crippen LogP contribution < -0.4 is 4.57 Å². The zero-order valence-electron chi connectivity index (χ0n) is 12.8. The second-order valence-electron chi connectivity index (χ2n) is 5.43. The summed E-state index contributed by atoms with van der Waals surface area (Å²) < 4.78 is 2.16. The van der Waals surface area contributed by atoms with Crippen LogP contribution in [0.3, 0.4) is 0 Å². The predicted octanol–water partition coefficient (Wildman–Crippen LogP) is 4.18. The molecular formula is C19H24NO+.